The van der Waals surface area contributed by atoms with Gasteiger partial charge < -0.3 is 19.2 Å². The highest BCUT2D eigenvalue weighted by Crippen LogP contribution is 2.34. The molecule has 0 bridgehead atoms. The van der Waals surface area contributed by atoms with Crippen molar-refractivity contribution in [1.29, 1.82) is 0 Å². The van der Waals surface area contributed by atoms with Crippen LogP contribution in [0.5, 0.6) is 11.5 Å². The maximum Gasteiger partial charge on any atom is 0.291 e. The molecule has 1 amide bonds. The summed E-state index contributed by atoms with van der Waals surface area (Å²) in [5, 5.41) is 2.79. The van der Waals surface area contributed by atoms with Crippen LogP contribution >= 0.6 is 0 Å². The molecule has 0 aliphatic heterocycles. The zero-order chi connectivity index (χ0) is 24.1. The number of rotatable bonds is 8. The molecule has 0 radical (unpaired) electrons. The third-order valence-electron chi connectivity index (χ3n) is 5.26. The van der Waals surface area contributed by atoms with Gasteiger partial charge in [-0.2, -0.15) is 0 Å². The average Bonchev–Trinajstić information content (AvgIpc) is 3.32. The molecule has 0 aliphatic rings. The molecule has 4 aromatic rings. The van der Waals surface area contributed by atoms with E-state index in [4.69, 9.17) is 13.9 Å². The first kappa shape index (κ1) is 23.1. The van der Waals surface area contributed by atoms with Crippen molar-refractivity contribution in [3.8, 4) is 22.6 Å². The minimum absolute atomic E-state index is 0.0543. The fourth-order valence-electron chi connectivity index (χ4n) is 3.53. The summed E-state index contributed by atoms with van der Waals surface area (Å²) in [6.07, 6.45) is 1.31. The normalized spacial score (nSPS) is 11.1. The van der Waals surface area contributed by atoms with Crippen molar-refractivity contribution in [3.63, 3.8) is 0 Å². The number of furan rings is 1. The van der Waals surface area contributed by atoms with Crippen molar-refractivity contribution in [3.05, 3.63) is 96.4 Å². The molecule has 0 spiro atoms. The molecule has 174 valence electrons. The van der Waals surface area contributed by atoms with E-state index in [9.17, 15) is 13.2 Å². The number of ether oxygens (including phenoxy) is 2. The molecular weight excluding hydrogens is 454 g/mol. The molecule has 4 rings (SSSR count). The van der Waals surface area contributed by atoms with E-state index >= 15 is 0 Å². The van der Waals surface area contributed by atoms with E-state index in [1.807, 2.05) is 24.3 Å². The molecule has 0 saturated heterocycles. The van der Waals surface area contributed by atoms with Gasteiger partial charge in [0.2, 0.25) is 0 Å². The summed E-state index contributed by atoms with van der Waals surface area (Å²) in [4.78, 5) is 13.1. The first-order chi connectivity index (χ1) is 16.4. The summed E-state index contributed by atoms with van der Waals surface area (Å²) < 4.78 is 41.5. The number of sulfone groups is 1. The molecule has 0 atom stereocenters. The van der Waals surface area contributed by atoms with Crippen LogP contribution in [0.25, 0.3) is 11.1 Å². The Kier molecular flexibility index (Phi) is 6.70. The maximum atomic E-state index is 13.0. The first-order valence-electron chi connectivity index (χ1n) is 10.4. The monoisotopic (exact) mass is 477 g/mol. The largest absolute Gasteiger partial charge is 0.497 e. The van der Waals surface area contributed by atoms with Gasteiger partial charge in [0.15, 0.2) is 15.6 Å². The molecular formula is C26H23NO6S. The van der Waals surface area contributed by atoms with Gasteiger partial charge in [0.25, 0.3) is 5.91 Å². The number of methoxy groups -OCH3 is 2. The Morgan fingerprint density at radius 3 is 2.32 bits per heavy atom. The van der Waals surface area contributed by atoms with Gasteiger partial charge in [0.1, 0.15) is 11.5 Å². The van der Waals surface area contributed by atoms with Gasteiger partial charge in [0.05, 0.1) is 31.1 Å². The minimum atomic E-state index is -3.64. The van der Waals surface area contributed by atoms with Crippen LogP contribution in [0.15, 0.2) is 94.4 Å². The van der Waals surface area contributed by atoms with E-state index < -0.39 is 15.7 Å². The molecule has 1 N–H and O–H groups in total. The number of hydrogen-bond donors (Lipinski definition) is 1. The number of carbonyl (C=O) groups excluding carboxylic acids is 1. The minimum Gasteiger partial charge on any atom is -0.497 e. The van der Waals surface area contributed by atoms with Gasteiger partial charge in [-0.1, -0.05) is 30.3 Å². The lowest BCUT2D eigenvalue weighted by Gasteiger charge is -2.12. The predicted octanol–water partition coefficient (Wildman–Crippen LogP) is 5.19. The zero-order valence-corrected chi connectivity index (χ0v) is 19.5. The van der Waals surface area contributed by atoms with Crippen LogP contribution in [-0.4, -0.2) is 28.5 Å². The van der Waals surface area contributed by atoms with Crippen LogP contribution in [0.1, 0.15) is 16.1 Å². The Morgan fingerprint density at radius 1 is 0.912 bits per heavy atom. The third kappa shape index (κ3) is 4.97. The summed E-state index contributed by atoms with van der Waals surface area (Å²) in [6.45, 7) is 0. The lowest BCUT2D eigenvalue weighted by molar-refractivity contribution is 0.0995. The predicted molar refractivity (Wildman–Crippen MR) is 129 cm³/mol. The fourth-order valence-corrected chi connectivity index (χ4v) is 4.91. The molecule has 1 aromatic heterocycles. The van der Waals surface area contributed by atoms with Crippen LogP contribution in [0.3, 0.4) is 0 Å². The van der Waals surface area contributed by atoms with Crippen molar-refractivity contribution >= 4 is 21.4 Å². The smallest absolute Gasteiger partial charge is 0.291 e. The highest BCUT2D eigenvalue weighted by atomic mass is 32.2. The van der Waals surface area contributed by atoms with Crippen LogP contribution in [0, 0.1) is 0 Å². The standard InChI is InChI=1S/C26H23NO6S/c1-31-21-11-8-18(9-12-21)23-16-20(10-13-24(23)32-2)27-26(28)25-19(14-15-33-25)17-34(29,30)22-6-4-3-5-7-22/h3-16H,17H2,1-2H3,(H,27,28). The van der Waals surface area contributed by atoms with Crippen LogP contribution < -0.4 is 14.8 Å². The van der Waals surface area contributed by atoms with Gasteiger partial charge in [0, 0.05) is 16.8 Å². The molecule has 7 nitrogen and oxygen atoms in total. The number of amides is 1. The zero-order valence-electron chi connectivity index (χ0n) is 18.6. The SMILES string of the molecule is COc1ccc(-c2cc(NC(=O)c3occc3CS(=O)(=O)c3ccccc3)ccc2OC)cc1. The first-order valence-corrected chi connectivity index (χ1v) is 12.0. The molecule has 0 unspecified atom stereocenters. The van der Waals surface area contributed by atoms with Gasteiger partial charge in [-0.15, -0.1) is 0 Å². The Bertz CT molecular complexity index is 1390. The third-order valence-corrected chi connectivity index (χ3v) is 6.94. The summed E-state index contributed by atoms with van der Waals surface area (Å²) in [7, 11) is -0.467. The summed E-state index contributed by atoms with van der Waals surface area (Å²) in [5.74, 6) is 0.407. The lowest BCUT2D eigenvalue weighted by Crippen LogP contribution is -2.15. The summed E-state index contributed by atoms with van der Waals surface area (Å²) in [5.41, 5.74) is 2.44. The average molecular weight is 478 g/mol. The highest BCUT2D eigenvalue weighted by Gasteiger charge is 2.23. The maximum absolute atomic E-state index is 13.0. The van der Waals surface area contributed by atoms with Crippen molar-refractivity contribution in [1.82, 2.24) is 0 Å². The number of benzene rings is 3. The number of hydrogen-bond acceptors (Lipinski definition) is 6. The topological polar surface area (TPSA) is 94.8 Å². The van der Waals surface area contributed by atoms with Gasteiger partial charge in [-0.3, -0.25) is 4.79 Å². The number of anilines is 1. The molecule has 34 heavy (non-hydrogen) atoms. The van der Waals surface area contributed by atoms with E-state index in [1.165, 1.54) is 24.5 Å². The Hall–Kier alpha value is -4.04. The number of nitrogens with one attached hydrogen (secondary N) is 1. The van der Waals surface area contributed by atoms with E-state index in [2.05, 4.69) is 5.32 Å². The van der Waals surface area contributed by atoms with Crippen molar-refractivity contribution in [2.45, 2.75) is 10.6 Å². The second kappa shape index (κ2) is 9.84. The lowest BCUT2D eigenvalue weighted by atomic mass is 10.0. The van der Waals surface area contributed by atoms with E-state index in [0.29, 0.717) is 11.4 Å². The van der Waals surface area contributed by atoms with Crippen molar-refractivity contribution in [2.75, 3.05) is 19.5 Å². The second-order valence-corrected chi connectivity index (χ2v) is 9.43. The second-order valence-electron chi connectivity index (χ2n) is 7.44. The fraction of sp³-hybridized carbons (Fsp3) is 0.115. The Morgan fingerprint density at radius 2 is 1.65 bits per heavy atom. The van der Waals surface area contributed by atoms with Crippen LogP contribution in [0.2, 0.25) is 0 Å². The Labute approximate surface area is 197 Å². The highest BCUT2D eigenvalue weighted by molar-refractivity contribution is 7.90. The van der Waals surface area contributed by atoms with E-state index in [1.54, 1.807) is 50.6 Å². The van der Waals surface area contributed by atoms with Gasteiger partial charge in [-0.25, -0.2) is 8.42 Å². The molecule has 0 saturated carbocycles. The molecule has 3 aromatic carbocycles. The molecule has 0 aliphatic carbocycles. The molecule has 0 fully saturated rings. The van der Waals surface area contributed by atoms with Gasteiger partial charge >= 0.3 is 0 Å². The van der Waals surface area contributed by atoms with E-state index in [-0.39, 0.29) is 22.0 Å². The quantitative estimate of drug-likeness (QED) is 0.375. The van der Waals surface area contributed by atoms with Crippen molar-refractivity contribution in [2.24, 2.45) is 0 Å². The number of carbonyl (C=O) groups is 1. The van der Waals surface area contributed by atoms with Crippen LogP contribution in [0.4, 0.5) is 5.69 Å². The van der Waals surface area contributed by atoms with Crippen molar-refractivity contribution < 1.29 is 27.1 Å². The van der Waals surface area contributed by atoms with Crippen LogP contribution in [-0.2, 0) is 15.6 Å². The van der Waals surface area contributed by atoms with E-state index in [0.717, 1.165) is 16.9 Å². The summed E-state index contributed by atoms with van der Waals surface area (Å²) in [6, 6.07) is 22.3. The summed E-state index contributed by atoms with van der Waals surface area (Å²) >= 11 is 0. The Balaban J connectivity index is 1.58. The molecule has 1 heterocycles. The van der Waals surface area contributed by atoms with Gasteiger partial charge in [-0.05, 0) is 54.1 Å². The molecule has 8 heteroatoms.